The van der Waals surface area contributed by atoms with E-state index in [1.54, 1.807) is 0 Å². The zero-order valence-corrected chi connectivity index (χ0v) is 8.19. The molecule has 1 fully saturated rings. The van der Waals surface area contributed by atoms with Crippen LogP contribution in [0.25, 0.3) is 0 Å². The van der Waals surface area contributed by atoms with Gasteiger partial charge in [0.25, 0.3) is 5.91 Å². The monoisotopic (exact) mass is 220 g/mol. The molecule has 0 bridgehead atoms. The second-order valence-electron chi connectivity index (χ2n) is 3.93. The lowest BCUT2D eigenvalue weighted by Crippen LogP contribution is -2.39. The highest BCUT2D eigenvalue weighted by molar-refractivity contribution is 6.03. The first kappa shape index (κ1) is 9.14. The number of pyridine rings is 1. The molecule has 1 aliphatic heterocycles. The first-order valence-corrected chi connectivity index (χ1v) is 4.85. The van der Waals surface area contributed by atoms with E-state index in [2.05, 4.69) is 10.3 Å². The fourth-order valence-corrected chi connectivity index (χ4v) is 1.65. The lowest BCUT2D eigenvalue weighted by Gasteiger charge is -2.24. The Morgan fingerprint density at radius 3 is 2.94 bits per heavy atom. The standard InChI is InChI=1S/C10H8N2O4/c13-8(14)5-3-6-7(11-4-5)16-10(1-2-10)9(15)12-6/h3-4H,1-2H2,(H,12,15)(H,13,14). The number of anilines is 1. The zero-order valence-electron chi connectivity index (χ0n) is 8.19. The largest absolute Gasteiger partial charge is 0.478 e. The average Bonchev–Trinajstić information content (AvgIpc) is 3.00. The Kier molecular flexibility index (Phi) is 1.55. The lowest BCUT2D eigenvalue weighted by molar-refractivity contribution is -0.125. The highest BCUT2D eigenvalue weighted by Gasteiger charge is 2.55. The van der Waals surface area contributed by atoms with Gasteiger partial charge in [-0.1, -0.05) is 0 Å². The van der Waals surface area contributed by atoms with Gasteiger partial charge in [0.1, 0.15) is 5.69 Å². The van der Waals surface area contributed by atoms with Crippen molar-refractivity contribution in [3.8, 4) is 5.88 Å². The summed E-state index contributed by atoms with van der Waals surface area (Å²) in [6.07, 6.45) is 2.58. The number of carbonyl (C=O) groups is 2. The van der Waals surface area contributed by atoms with Crippen LogP contribution in [0, 0.1) is 0 Å². The number of nitrogens with one attached hydrogen (secondary N) is 1. The quantitative estimate of drug-likeness (QED) is 0.725. The molecule has 0 saturated heterocycles. The smallest absolute Gasteiger partial charge is 0.337 e. The van der Waals surface area contributed by atoms with E-state index in [-0.39, 0.29) is 11.5 Å². The number of carboxylic acid groups (broad SMARTS) is 1. The number of aromatic nitrogens is 1. The minimum Gasteiger partial charge on any atom is -0.478 e. The van der Waals surface area contributed by atoms with Crippen molar-refractivity contribution < 1.29 is 19.4 Å². The van der Waals surface area contributed by atoms with Gasteiger partial charge in [0, 0.05) is 19.0 Å². The minimum atomic E-state index is -1.09. The molecule has 1 saturated carbocycles. The third kappa shape index (κ3) is 1.16. The Morgan fingerprint density at radius 2 is 2.31 bits per heavy atom. The van der Waals surface area contributed by atoms with Gasteiger partial charge in [-0.2, -0.15) is 0 Å². The summed E-state index contributed by atoms with van der Waals surface area (Å²) >= 11 is 0. The predicted molar refractivity (Wildman–Crippen MR) is 52.4 cm³/mol. The number of amides is 1. The maximum absolute atomic E-state index is 11.6. The van der Waals surface area contributed by atoms with Crippen LogP contribution in [0.3, 0.4) is 0 Å². The lowest BCUT2D eigenvalue weighted by atomic mass is 10.2. The number of nitrogens with zero attached hydrogens (tertiary/aromatic N) is 1. The van der Waals surface area contributed by atoms with Crippen molar-refractivity contribution in [1.29, 1.82) is 0 Å². The van der Waals surface area contributed by atoms with Crippen molar-refractivity contribution in [1.82, 2.24) is 4.98 Å². The Balaban J connectivity index is 2.02. The number of ether oxygens (including phenoxy) is 1. The van der Waals surface area contributed by atoms with E-state index in [4.69, 9.17) is 9.84 Å². The molecule has 6 nitrogen and oxygen atoms in total. The van der Waals surface area contributed by atoms with E-state index in [0.717, 1.165) is 0 Å². The topological polar surface area (TPSA) is 88.5 Å². The number of carbonyl (C=O) groups excluding carboxylic acids is 1. The highest BCUT2D eigenvalue weighted by atomic mass is 16.5. The van der Waals surface area contributed by atoms with E-state index in [1.165, 1.54) is 12.3 Å². The fourth-order valence-electron chi connectivity index (χ4n) is 1.65. The van der Waals surface area contributed by atoms with Crippen molar-refractivity contribution in [2.75, 3.05) is 5.32 Å². The van der Waals surface area contributed by atoms with Crippen LogP contribution in [-0.2, 0) is 4.79 Å². The molecule has 0 atom stereocenters. The second kappa shape index (κ2) is 2.72. The molecule has 1 spiro atoms. The maximum Gasteiger partial charge on any atom is 0.337 e. The van der Waals surface area contributed by atoms with Gasteiger partial charge in [-0.05, 0) is 6.07 Å². The molecule has 2 heterocycles. The van der Waals surface area contributed by atoms with Crippen molar-refractivity contribution in [2.24, 2.45) is 0 Å². The molecule has 0 aromatic carbocycles. The van der Waals surface area contributed by atoms with Gasteiger partial charge in [0.15, 0.2) is 5.60 Å². The van der Waals surface area contributed by atoms with Gasteiger partial charge in [0.05, 0.1) is 5.56 Å². The SMILES string of the molecule is O=C(O)c1cnc2c(c1)NC(=O)C1(CC1)O2. The maximum atomic E-state index is 11.6. The summed E-state index contributed by atoms with van der Waals surface area (Å²) in [7, 11) is 0. The van der Waals surface area contributed by atoms with Crippen molar-refractivity contribution in [2.45, 2.75) is 18.4 Å². The third-order valence-corrected chi connectivity index (χ3v) is 2.76. The first-order chi connectivity index (χ1) is 7.61. The molecule has 82 valence electrons. The molecule has 3 rings (SSSR count). The van der Waals surface area contributed by atoms with Crippen LogP contribution in [0.1, 0.15) is 23.2 Å². The fraction of sp³-hybridized carbons (Fsp3) is 0.300. The number of hydrogen-bond acceptors (Lipinski definition) is 4. The normalized spacial score (nSPS) is 19.6. The van der Waals surface area contributed by atoms with Crippen LogP contribution in [0.2, 0.25) is 0 Å². The summed E-state index contributed by atoms with van der Waals surface area (Å²) < 4.78 is 5.46. The molecule has 0 radical (unpaired) electrons. The summed E-state index contributed by atoms with van der Waals surface area (Å²) in [5.74, 6) is -1.01. The van der Waals surface area contributed by atoms with Crippen LogP contribution < -0.4 is 10.1 Å². The molecule has 1 aromatic heterocycles. The Morgan fingerprint density at radius 1 is 1.56 bits per heavy atom. The summed E-state index contributed by atoms with van der Waals surface area (Å²) in [6.45, 7) is 0. The number of hydrogen-bond donors (Lipinski definition) is 2. The van der Waals surface area contributed by atoms with E-state index in [9.17, 15) is 9.59 Å². The van der Waals surface area contributed by atoms with E-state index in [0.29, 0.717) is 24.4 Å². The van der Waals surface area contributed by atoms with E-state index in [1.807, 2.05) is 0 Å². The Bertz CT molecular complexity index is 508. The Labute approximate surface area is 90.2 Å². The Hall–Kier alpha value is -2.11. The molecule has 2 aliphatic rings. The molecular formula is C10H8N2O4. The summed E-state index contributed by atoms with van der Waals surface area (Å²) in [5.41, 5.74) is -0.401. The molecular weight excluding hydrogens is 212 g/mol. The van der Waals surface area contributed by atoms with Gasteiger partial charge in [-0.15, -0.1) is 0 Å². The van der Waals surface area contributed by atoms with E-state index < -0.39 is 11.6 Å². The number of rotatable bonds is 1. The van der Waals surface area contributed by atoms with Gasteiger partial charge in [-0.3, -0.25) is 4.79 Å². The van der Waals surface area contributed by atoms with Gasteiger partial charge >= 0.3 is 5.97 Å². The molecule has 0 unspecified atom stereocenters. The third-order valence-electron chi connectivity index (χ3n) is 2.76. The molecule has 16 heavy (non-hydrogen) atoms. The van der Waals surface area contributed by atoms with Crippen LogP contribution in [0.5, 0.6) is 5.88 Å². The summed E-state index contributed by atoms with van der Waals surface area (Å²) in [4.78, 5) is 26.2. The zero-order chi connectivity index (χ0) is 11.3. The van der Waals surface area contributed by atoms with Crippen LogP contribution >= 0.6 is 0 Å². The van der Waals surface area contributed by atoms with Gasteiger partial charge in [-0.25, -0.2) is 9.78 Å². The summed E-state index contributed by atoms with van der Waals surface area (Å²) in [5, 5.41) is 11.4. The molecule has 2 N–H and O–H groups in total. The number of aromatic carboxylic acids is 1. The minimum absolute atomic E-state index is 0.0226. The average molecular weight is 220 g/mol. The molecule has 6 heteroatoms. The van der Waals surface area contributed by atoms with Crippen molar-refractivity contribution in [3.63, 3.8) is 0 Å². The predicted octanol–water partition coefficient (Wildman–Crippen LogP) is 0.643. The van der Waals surface area contributed by atoms with Crippen LogP contribution in [0.4, 0.5) is 5.69 Å². The number of carboxylic acids is 1. The highest BCUT2D eigenvalue weighted by Crippen LogP contribution is 2.45. The second-order valence-corrected chi connectivity index (χ2v) is 3.93. The first-order valence-electron chi connectivity index (χ1n) is 4.85. The molecule has 1 amide bonds. The van der Waals surface area contributed by atoms with E-state index >= 15 is 0 Å². The van der Waals surface area contributed by atoms with Crippen molar-refractivity contribution >= 4 is 17.6 Å². The van der Waals surface area contributed by atoms with Crippen LogP contribution in [-0.4, -0.2) is 27.6 Å². The van der Waals surface area contributed by atoms with Gasteiger partial charge in [0.2, 0.25) is 5.88 Å². The number of fused-ring (bicyclic) bond motifs is 1. The van der Waals surface area contributed by atoms with Crippen LogP contribution in [0.15, 0.2) is 12.3 Å². The van der Waals surface area contributed by atoms with Crippen molar-refractivity contribution in [3.05, 3.63) is 17.8 Å². The molecule has 1 aliphatic carbocycles. The molecule has 1 aromatic rings. The van der Waals surface area contributed by atoms with Gasteiger partial charge < -0.3 is 15.2 Å². The summed E-state index contributed by atoms with van der Waals surface area (Å²) in [6, 6.07) is 1.35.